The predicted octanol–water partition coefficient (Wildman–Crippen LogP) is 2.81. The number of anilines is 1. The summed E-state index contributed by atoms with van der Waals surface area (Å²) in [5.74, 6) is 0. The van der Waals surface area contributed by atoms with Gasteiger partial charge in [0.05, 0.1) is 12.6 Å². The van der Waals surface area contributed by atoms with Gasteiger partial charge in [0.25, 0.3) is 6.47 Å². The molecule has 0 amide bonds. The molecule has 1 unspecified atom stereocenters. The summed E-state index contributed by atoms with van der Waals surface area (Å²) in [6.45, 7) is 11.8. The van der Waals surface area contributed by atoms with E-state index >= 15 is 0 Å². The minimum Gasteiger partial charge on any atom is -0.462 e. The van der Waals surface area contributed by atoms with E-state index in [1.54, 1.807) is 0 Å². The van der Waals surface area contributed by atoms with Crippen LogP contribution < -0.4 is 10.2 Å². The highest BCUT2D eigenvalue weighted by atomic mass is 16.5. The van der Waals surface area contributed by atoms with E-state index in [4.69, 9.17) is 4.74 Å². The Morgan fingerprint density at radius 2 is 1.96 bits per heavy atom. The molecule has 1 aromatic carbocycles. The highest BCUT2D eigenvalue weighted by Crippen LogP contribution is 2.17. The van der Waals surface area contributed by atoms with Crippen LogP contribution in [0.4, 0.5) is 5.69 Å². The molecular weight excluding hydrogens is 292 g/mol. The second kappa shape index (κ2) is 8.31. The Bertz CT molecular complexity index is 469. The monoisotopic (exact) mass is 322 g/mol. The third-order valence-corrected chi connectivity index (χ3v) is 3.29. The summed E-state index contributed by atoms with van der Waals surface area (Å²) in [5.41, 5.74) is 0.748. The van der Waals surface area contributed by atoms with Crippen molar-refractivity contribution in [2.45, 2.75) is 52.0 Å². The normalized spacial score (nSPS) is 19.5. The zero-order chi connectivity index (χ0) is 17.5. The number of nitrogens with one attached hydrogen (secondary N) is 1. The minimum atomic E-state index is -0.318. The fraction of sp³-hybridized carbons (Fsp3) is 0.611. The Hall–Kier alpha value is -1.59. The van der Waals surface area contributed by atoms with Crippen LogP contribution in [0.2, 0.25) is 0 Å². The fourth-order valence-corrected chi connectivity index (χ4v) is 2.24. The lowest BCUT2D eigenvalue weighted by atomic mass is 10.2. The molecule has 5 heteroatoms. The van der Waals surface area contributed by atoms with Crippen LogP contribution in [0.15, 0.2) is 30.3 Å². The average Bonchev–Trinajstić information content (AvgIpc) is 2.78. The molecule has 1 saturated heterocycles. The van der Waals surface area contributed by atoms with E-state index in [9.17, 15) is 4.79 Å². The van der Waals surface area contributed by atoms with E-state index in [2.05, 4.69) is 60.1 Å². The molecule has 0 radical (unpaired) electrons. The Labute approximate surface area is 140 Å². The van der Waals surface area contributed by atoms with Gasteiger partial charge in [0.1, 0.15) is 11.3 Å². The first kappa shape index (κ1) is 19.5. The molecule has 130 valence electrons. The van der Waals surface area contributed by atoms with Crippen LogP contribution in [0.5, 0.6) is 0 Å². The van der Waals surface area contributed by atoms with Gasteiger partial charge >= 0.3 is 0 Å². The molecule has 1 heterocycles. The molecule has 1 N–H and O–H groups in total. The fourth-order valence-electron chi connectivity index (χ4n) is 2.24. The first-order valence-electron chi connectivity index (χ1n) is 7.92. The molecule has 1 fully saturated rings. The van der Waals surface area contributed by atoms with Gasteiger partial charge in [0.15, 0.2) is 0 Å². The van der Waals surface area contributed by atoms with Gasteiger partial charge in [0, 0.05) is 19.3 Å². The number of hydrogen-bond acceptors (Lipinski definition) is 5. The topological polar surface area (TPSA) is 50.8 Å². The highest BCUT2D eigenvalue weighted by Gasteiger charge is 2.31. The van der Waals surface area contributed by atoms with Crippen LogP contribution >= 0.6 is 0 Å². The predicted molar refractivity (Wildman–Crippen MR) is 93.6 cm³/mol. The molecular formula is C18H30N2O3. The summed E-state index contributed by atoms with van der Waals surface area (Å²) in [7, 11) is 2.11. The smallest absolute Gasteiger partial charge is 0.293 e. The molecule has 0 bridgehead atoms. The van der Waals surface area contributed by atoms with Crippen LogP contribution in [0, 0.1) is 0 Å². The molecule has 2 rings (SSSR count). The molecule has 0 aliphatic carbocycles. The second-order valence-corrected chi connectivity index (χ2v) is 7.21. The number of ether oxygens (including phenoxy) is 2. The molecule has 0 saturated carbocycles. The van der Waals surface area contributed by atoms with Crippen molar-refractivity contribution in [3.05, 3.63) is 30.3 Å². The lowest BCUT2D eigenvalue weighted by Crippen LogP contribution is -2.43. The van der Waals surface area contributed by atoms with Gasteiger partial charge in [-0.25, -0.2) is 0 Å². The van der Waals surface area contributed by atoms with E-state index in [1.165, 1.54) is 5.69 Å². The lowest BCUT2D eigenvalue weighted by molar-refractivity contribution is -0.138. The Kier molecular flexibility index (Phi) is 7.03. The first-order valence-corrected chi connectivity index (χ1v) is 7.92. The number of rotatable bonds is 4. The van der Waals surface area contributed by atoms with Gasteiger partial charge in [-0.15, -0.1) is 0 Å². The summed E-state index contributed by atoms with van der Waals surface area (Å²) in [5, 5.41) is 3.47. The maximum Gasteiger partial charge on any atom is 0.293 e. The maximum absolute atomic E-state index is 9.60. The van der Waals surface area contributed by atoms with Crippen molar-refractivity contribution in [2.24, 2.45) is 0 Å². The molecule has 23 heavy (non-hydrogen) atoms. The van der Waals surface area contributed by atoms with Crippen LogP contribution in [-0.2, 0) is 14.3 Å². The SMILES string of the molecule is CC(C)(C)OC=O.CN(CC1COC(C)(C)N1)c1ccccc1. The largest absolute Gasteiger partial charge is 0.462 e. The van der Waals surface area contributed by atoms with Crippen molar-refractivity contribution in [3.63, 3.8) is 0 Å². The van der Waals surface area contributed by atoms with Crippen molar-refractivity contribution in [1.29, 1.82) is 0 Å². The number of benzene rings is 1. The highest BCUT2D eigenvalue weighted by molar-refractivity contribution is 5.45. The standard InChI is InChI=1S/C13H20N2O.C5H10O2/c1-13(2)14-11(10-16-13)9-15(3)12-7-5-4-6-8-12;1-5(2,3)7-4-6/h4-8,11,14H,9-10H2,1-3H3;4H,1-3H3. The van der Waals surface area contributed by atoms with E-state index in [0.29, 0.717) is 12.5 Å². The van der Waals surface area contributed by atoms with Gasteiger partial charge in [0.2, 0.25) is 0 Å². The number of carbonyl (C=O) groups excluding carboxylic acids is 1. The van der Waals surface area contributed by atoms with Crippen molar-refractivity contribution in [1.82, 2.24) is 5.32 Å². The van der Waals surface area contributed by atoms with Crippen LogP contribution in [0.3, 0.4) is 0 Å². The van der Waals surface area contributed by atoms with Crippen molar-refractivity contribution in [3.8, 4) is 0 Å². The summed E-state index contributed by atoms with van der Waals surface area (Å²) >= 11 is 0. The number of likely N-dealkylation sites (N-methyl/N-ethyl adjacent to an activating group) is 1. The summed E-state index contributed by atoms with van der Waals surface area (Å²) in [6, 6.07) is 10.8. The molecule has 0 spiro atoms. The third kappa shape index (κ3) is 8.00. The zero-order valence-electron chi connectivity index (χ0n) is 15.1. The zero-order valence-corrected chi connectivity index (χ0v) is 15.1. The van der Waals surface area contributed by atoms with Gasteiger partial charge in [-0.2, -0.15) is 0 Å². The van der Waals surface area contributed by atoms with Crippen molar-refractivity contribution >= 4 is 12.2 Å². The molecule has 5 nitrogen and oxygen atoms in total. The Morgan fingerprint density at radius 3 is 2.35 bits per heavy atom. The number of nitrogens with zero attached hydrogens (tertiary/aromatic N) is 1. The summed E-state index contributed by atoms with van der Waals surface area (Å²) in [6.07, 6.45) is 0. The lowest BCUT2D eigenvalue weighted by Gasteiger charge is -2.24. The summed E-state index contributed by atoms with van der Waals surface area (Å²) < 4.78 is 10.2. The van der Waals surface area contributed by atoms with Crippen LogP contribution in [-0.4, -0.2) is 44.0 Å². The number of hydrogen-bond donors (Lipinski definition) is 1. The molecule has 1 aromatic rings. The molecule has 1 aliphatic heterocycles. The van der Waals surface area contributed by atoms with Gasteiger partial charge in [-0.3, -0.25) is 10.1 Å². The molecule has 0 aromatic heterocycles. The van der Waals surface area contributed by atoms with Crippen molar-refractivity contribution < 1.29 is 14.3 Å². The molecule has 1 atom stereocenters. The quantitative estimate of drug-likeness (QED) is 0.864. The summed E-state index contributed by atoms with van der Waals surface area (Å²) in [4.78, 5) is 11.9. The minimum absolute atomic E-state index is 0.178. The second-order valence-electron chi connectivity index (χ2n) is 7.21. The number of carbonyl (C=O) groups is 1. The van der Waals surface area contributed by atoms with Gasteiger partial charge in [-0.05, 0) is 46.8 Å². The van der Waals surface area contributed by atoms with E-state index in [-0.39, 0.29) is 11.3 Å². The van der Waals surface area contributed by atoms with Gasteiger partial charge < -0.3 is 14.4 Å². The van der Waals surface area contributed by atoms with Crippen molar-refractivity contribution in [2.75, 3.05) is 25.1 Å². The third-order valence-electron chi connectivity index (χ3n) is 3.29. The van der Waals surface area contributed by atoms with E-state index in [1.807, 2.05) is 26.8 Å². The van der Waals surface area contributed by atoms with Crippen LogP contribution in [0.25, 0.3) is 0 Å². The van der Waals surface area contributed by atoms with E-state index in [0.717, 1.165) is 13.2 Å². The van der Waals surface area contributed by atoms with Crippen LogP contribution in [0.1, 0.15) is 34.6 Å². The average molecular weight is 322 g/mol. The Morgan fingerprint density at radius 1 is 1.35 bits per heavy atom. The van der Waals surface area contributed by atoms with E-state index < -0.39 is 0 Å². The number of para-hydroxylation sites is 1. The van der Waals surface area contributed by atoms with Gasteiger partial charge in [-0.1, -0.05) is 18.2 Å². The maximum atomic E-state index is 9.60. The molecule has 1 aliphatic rings. The first-order chi connectivity index (χ1) is 10.6. The Balaban J connectivity index is 0.000000322.